The molecule has 1 unspecified atom stereocenters. The fourth-order valence-corrected chi connectivity index (χ4v) is 1.66. The first-order valence-electron chi connectivity index (χ1n) is 5.57. The summed E-state index contributed by atoms with van der Waals surface area (Å²) in [5.41, 5.74) is 5.82. The number of unbranched alkanes of at least 4 members (excludes halogenated alkanes) is 1. The number of nitrogens with zero attached hydrogens (tertiary/aromatic N) is 1. The van der Waals surface area contributed by atoms with Crippen LogP contribution in [-0.4, -0.2) is 24.6 Å². The van der Waals surface area contributed by atoms with Crippen LogP contribution in [0.4, 0.5) is 10.5 Å². The van der Waals surface area contributed by atoms with Gasteiger partial charge in [-0.2, -0.15) is 0 Å². The lowest BCUT2D eigenvalue weighted by Gasteiger charge is -2.25. The SMILES string of the molecule is NC(=O)N(c1ccccc1)C([C]=O)CCC[C]=O. The van der Waals surface area contributed by atoms with Crippen molar-refractivity contribution in [3.05, 3.63) is 30.3 Å². The highest BCUT2D eigenvalue weighted by atomic mass is 16.2. The Morgan fingerprint density at radius 3 is 2.44 bits per heavy atom. The minimum atomic E-state index is -0.779. The van der Waals surface area contributed by atoms with E-state index in [1.165, 1.54) is 4.90 Å². The Morgan fingerprint density at radius 1 is 1.28 bits per heavy atom. The number of anilines is 1. The van der Waals surface area contributed by atoms with E-state index in [4.69, 9.17) is 5.73 Å². The molecule has 0 aromatic heterocycles. The van der Waals surface area contributed by atoms with E-state index in [-0.39, 0.29) is 6.42 Å². The van der Waals surface area contributed by atoms with Gasteiger partial charge in [0.1, 0.15) is 6.04 Å². The molecule has 0 bridgehead atoms. The van der Waals surface area contributed by atoms with Crippen molar-refractivity contribution in [1.82, 2.24) is 0 Å². The van der Waals surface area contributed by atoms with Gasteiger partial charge in [0.2, 0.25) is 6.29 Å². The number of amides is 2. The lowest BCUT2D eigenvalue weighted by molar-refractivity contribution is 0.252. The van der Waals surface area contributed by atoms with Crippen LogP contribution in [0, 0.1) is 0 Å². The number of hydrogen-bond donors (Lipinski definition) is 1. The quantitative estimate of drug-likeness (QED) is 0.737. The summed E-state index contributed by atoms with van der Waals surface area (Å²) >= 11 is 0. The van der Waals surface area contributed by atoms with Crippen LogP contribution in [0.25, 0.3) is 0 Å². The zero-order valence-corrected chi connectivity index (χ0v) is 9.83. The third kappa shape index (κ3) is 3.69. The lowest BCUT2D eigenvalue weighted by atomic mass is 10.1. The van der Waals surface area contributed by atoms with E-state index < -0.39 is 12.1 Å². The summed E-state index contributed by atoms with van der Waals surface area (Å²) in [6.07, 6.45) is 4.54. The zero-order valence-electron chi connectivity index (χ0n) is 9.83. The number of nitrogens with two attached hydrogens (primary N) is 1. The third-order valence-corrected chi connectivity index (χ3v) is 2.48. The van der Waals surface area contributed by atoms with Crippen LogP contribution in [0.2, 0.25) is 0 Å². The van der Waals surface area contributed by atoms with E-state index in [0.29, 0.717) is 18.5 Å². The maximum absolute atomic E-state index is 11.4. The first kappa shape index (κ1) is 13.9. The molecule has 0 heterocycles. The van der Waals surface area contributed by atoms with E-state index >= 15 is 0 Å². The molecule has 0 aliphatic rings. The molecule has 1 aromatic rings. The summed E-state index contributed by atoms with van der Waals surface area (Å²) < 4.78 is 0. The zero-order chi connectivity index (χ0) is 13.4. The second-order valence-corrected chi connectivity index (χ2v) is 3.71. The summed E-state index contributed by atoms with van der Waals surface area (Å²) in [5.74, 6) is 0. The molecule has 0 aliphatic carbocycles. The molecule has 0 saturated carbocycles. The Hall–Kier alpha value is -2.17. The molecule has 0 fully saturated rings. The van der Waals surface area contributed by atoms with Crippen molar-refractivity contribution in [3.8, 4) is 0 Å². The molecule has 94 valence electrons. The van der Waals surface area contributed by atoms with Crippen molar-refractivity contribution in [2.45, 2.75) is 25.3 Å². The molecule has 1 rings (SSSR count). The Balaban J connectivity index is 2.85. The van der Waals surface area contributed by atoms with Crippen LogP contribution in [0.3, 0.4) is 0 Å². The number of primary amides is 1. The van der Waals surface area contributed by atoms with Crippen LogP contribution >= 0.6 is 0 Å². The number of para-hydroxylation sites is 1. The van der Waals surface area contributed by atoms with Crippen LogP contribution in [0.1, 0.15) is 19.3 Å². The number of carbonyl (C=O) groups excluding carboxylic acids is 3. The molecule has 0 spiro atoms. The number of rotatable bonds is 7. The largest absolute Gasteiger partial charge is 0.351 e. The second-order valence-electron chi connectivity index (χ2n) is 3.71. The second kappa shape index (κ2) is 7.21. The fourth-order valence-electron chi connectivity index (χ4n) is 1.66. The van der Waals surface area contributed by atoms with Crippen LogP contribution in [-0.2, 0) is 9.59 Å². The van der Waals surface area contributed by atoms with Crippen LogP contribution < -0.4 is 10.6 Å². The molecule has 5 nitrogen and oxygen atoms in total. The molecule has 0 aliphatic heterocycles. The Kier molecular flexibility index (Phi) is 5.57. The molecular weight excluding hydrogens is 232 g/mol. The lowest BCUT2D eigenvalue weighted by Crippen LogP contribution is -2.44. The predicted molar refractivity (Wildman–Crippen MR) is 67.5 cm³/mol. The van der Waals surface area contributed by atoms with E-state index in [1.54, 1.807) is 42.9 Å². The average molecular weight is 246 g/mol. The van der Waals surface area contributed by atoms with Gasteiger partial charge in [-0.15, -0.1) is 0 Å². The molecule has 2 N–H and O–H groups in total. The molecule has 1 atom stereocenters. The van der Waals surface area contributed by atoms with Gasteiger partial charge in [0.25, 0.3) is 0 Å². The number of urea groups is 1. The summed E-state index contributed by atoms with van der Waals surface area (Å²) in [6, 6.07) is 7.15. The Labute approximate surface area is 106 Å². The van der Waals surface area contributed by atoms with Gasteiger partial charge in [-0.25, -0.2) is 4.79 Å². The van der Waals surface area contributed by atoms with Gasteiger partial charge in [-0.3, -0.25) is 14.5 Å². The normalized spacial score (nSPS) is 11.6. The van der Waals surface area contributed by atoms with Gasteiger partial charge in [0.15, 0.2) is 6.29 Å². The Bertz CT molecular complexity index is 406. The molecule has 18 heavy (non-hydrogen) atoms. The van der Waals surface area contributed by atoms with Crippen molar-refractivity contribution in [1.29, 1.82) is 0 Å². The van der Waals surface area contributed by atoms with Gasteiger partial charge in [0, 0.05) is 12.1 Å². The standard InChI is InChI=1S/C13H14N2O3/c14-13(18)15(11-6-2-1-3-7-11)12(10-17)8-4-5-9-16/h1-3,6-7,12H,4-5,8H2,(H2,14,18). The predicted octanol–water partition coefficient (Wildman–Crippen LogP) is 1.33. The first-order chi connectivity index (χ1) is 8.70. The van der Waals surface area contributed by atoms with Crippen molar-refractivity contribution >= 4 is 24.3 Å². The van der Waals surface area contributed by atoms with Crippen molar-refractivity contribution < 1.29 is 14.4 Å². The minimum absolute atomic E-state index is 0.222. The maximum Gasteiger partial charge on any atom is 0.319 e. The molecular formula is C13H14N2O3. The van der Waals surface area contributed by atoms with Crippen LogP contribution in [0.5, 0.6) is 0 Å². The summed E-state index contributed by atoms with van der Waals surface area (Å²) in [7, 11) is 0. The number of hydrogen-bond acceptors (Lipinski definition) is 3. The third-order valence-electron chi connectivity index (χ3n) is 2.48. The van der Waals surface area contributed by atoms with Gasteiger partial charge in [-0.05, 0) is 25.0 Å². The van der Waals surface area contributed by atoms with Crippen molar-refractivity contribution in [2.24, 2.45) is 5.73 Å². The highest BCUT2D eigenvalue weighted by Gasteiger charge is 2.23. The van der Waals surface area contributed by atoms with E-state index in [0.717, 1.165) is 0 Å². The average Bonchev–Trinajstić information content (AvgIpc) is 2.38. The van der Waals surface area contributed by atoms with E-state index in [2.05, 4.69) is 0 Å². The fraction of sp³-hybridized carbons (Fsp3) is 0.308. The highest BCUT2D eigenvalue weighted by molar-refractivity contribution is 5.94. The van der Waals surface area contributed by atoms with Gasteiger partial charge in [-0.1, -0.05) is 18.2 Å². The summed E-state index contributed by atoms with van der Waals surface area (Å²) in [5, 5.41) is 0. The maximum atomic E-state index is 11.4. The van der Waals surface area contributed by atoms with Gasteiger partial charge in [0.05, 0.1) is 0 Å². The topological polar surface area (TPSA) is 80.5 Å². The summed E-state index contributed by atoms with van der Waals surface area (Å²) in [4.78, 5) is 33.7. The molecule has 5 heteroatoms. The summed E-state index contributed by atoms with van der Waals surface area (Å²) in [6.45, 7) is 0. The van der Waals surface area contributed by atoms with E-state index in [1.807, 2.05) is 0 Å². The van der Waals surface area contributed by atoms with Gasteiger partial charge < -0.3 is 5.73 Å². The highest BCUT2D eigenvalue weighted by Crippen LogP contribution is 2.18. The molecule has 0 saturated heterocycles. The number of carbonyl (C=O) groups is 1. The first-order valence-corrected chi connectivity index (χ1v) is 5.57. The van der Waals surface area contributed by atoms with E-state index in [9.17, 15) is 14.4 Å². The number of benzene rings is 1. The molecule has 2 amide bonds. The Morgan fingerprint density at radius 2 is 1.94 bits per heavy atom. The van der Waals surface area contributed by atoms with Crippen molar-refractivity contribution in [3.63, 3.8) is 0 Å². The monoisotopic (exact) mass is 246 g/mol. The smallest absolute Gasteiger partial charge is 0.319 e. The molecule has 2 radical (unpaired) electrons. The molecule has 1 aromatic carbocycles. The van der Waals surface area contributed by atoms with Gasteiger partial charge >= 0.3 is 6.03 Å². The minimum Gasteiger partial charge on any atom is -0.351 e. The van der Waals surface area contributed by atoms with Crippen LogP contribution in [0.15, 0.2) is 30.3 Å². The van der Waals surface area contributed by atoms with Crippen molar-refractivity contribution in [2.75, 3.05) is 4.90 Å².